The number of hydrogen-bond donors (Lipinski definition) is 0. The van der Waals surface area contributed by atoms with Crippen LogP contribution in [0.25, 0.3) is 0 Å². The van der Waals surface area contributed by atoms with Crippen molar-refractivity contribution < 1.29 is 4.74 Å². The van der Waals surface area contributed by atoms with E-state index in [4.69, 9.17) is 4.74 Å². The van der Waals surface area contributed by atoms with Crippen molar-refractivity contribution in [1.29, 1.82) is 0 Å². The van der Waals surface area contributed by atoms with Gasteiger partial charge in [-0.3, -0.25) is 0 Å². The molecule has 0 aliphatic rings. The smallest absolute Gasteiger partial charge is 0.0717 e. The number of benzene rings is 1. The molecule has 1 rings (SSSR count). The largest absolute Gasteiger partial charge is 0.376 e. The summed E-state index contributed by atoms with van der Waals surface area (Å²) in [5.41, 5.74) is 5.60. The summed E-state index contributed by atoms with van der Waals surface area (Å²) >= 11 is 0. The maximum Gasteiger partial charge on any atom is 0.0717 e. The van der Waals surface area contributed by atoms with Crippen LogP contribution in [0.2, 0.25) is 0 Å². The maximum atomic E-state index is 5.69. The fourth-order valence-corrected chi connectivity index (χ4v) is 2.03. The molecular formula is C18H26O. The van der Waals surface area contributed by atoms with Gasteiger partial charge < -0.3 is 4.74 Å². The fraction of sp³-hybridized carbons (Fsp3) is 0.500. The molecule has 0 spiro atoms. The Morgan fingerprint density at radius 1 is 1.11 bits per heavy atom. The van der Waals surface area contributed by atoms with Crippen LogP contribution in [0, 0.1) is 0 Å². The normalized spacial score (nSPS) is 10.2. The summed E-state index contributed by atoms with van der Waals surface area (Å²) in [6.07, 6.45) is 7.26. The topological polar surface area (TPSA) is 9.23 Å². The Labute approximate surface area is 118 Å². The molecule has 0 aromatic heterocycles. The van der Waals surface area contributed by atoms with Gasteiger partial charge in [0, 0.05) is 0 Å². The lowest BCUT2D eigenvalue weighted by Crippen LogP contribution is -1.97. The summed E-state index contributed by atoms with van der Waals surface area (Å²) in [4.78, 5) is 0. The monoisotopic (exact) mass is 258 g/mol. The molecule has 1 nitrogen and oxygen atoms in total. The van der Waals surface area contributed by atoms with Crippen LogP contribution in [0.1, 0.15) is 51.0 Å². The number of hydrogen-bond acceptors (Lipinski definition) is 1. The lowest BCUT2D eigenvalue weighted by molar-refractivity contribution is 0.123. The van der Waals surface area contributed by atoms with Crippen LogP contribution in [-0.2, 0) is 11.3 Å². The van der Waals surface area contributed by atoms with Gasteiger partial charge >= 0.3 is 0 Å². The van der Waals surface area contributed by atoms with E-state index in [-0.39, 0.29) is 0 Å². The average molecular weight is 258 g/mol. The summed E-state index contributed by atoms with van der Waals surface area (Å²) in [6.45, 7) is 7.48. The van der Waals surface area contributed by atoms with Crippen LogP contribution in [0.5, 0.6) is 0 Å². The van der Waals surface area contributed by atoms with Crippen molar-refractivity contribution in [2.45, 2.75) is 52.1 Å². The van der Waals surface area contributed by atoms with Gasteiger partial charge in [0.2, 0.25) is 0 Å². The molecule has 0 atom stereocenters. The Morgan fingerprint density at radius 3 is 2.58 bits per heavy atom. The van der Waals surface area contributed by atoms with Gasteiger partial charge in [-0.15, -0.1) is 5.73 Å². The van der Waals surface area contributed by atoms with E-state index in [1.54, 1.807) is 0 Å². The zero-order chi connectivity index (χ0) is 13.8. The van der Waals surface area contributed by atoms with Crippen molar-refractivity contribution >= 4 is 0 Å². The predicted molar refractivity (Wildman–Crippen MR) is 82.1 cm³/mol. The first-order chi connectivity index (χ1) is 9.36. The molecule has 0 N–H and O–H groups in total. The van der Waals surface area contributed by atoms with E-state index < -0.39 is 0 Å². The Morgan fingerprint density at radius 2 is 1.89 bits per heavy atom. The van der Waals surface area contributed by atoms with Gasteiger partial charge in [-0.2, -0.15) is 0 Å². The van der Waals surface area contributed by atoms with Crippen LogP contribution >= 0.6 is 0 Å². The number of rotatable bonds is 10. The Kier molecular flexibility index (Phi) is 8.80. The summed E-state index contributed by atoms with van der Waals surface area (Å²) in [7, 11) is 0. The number of unbranched alkanes of at least 4 members (excludes halogenated alkanes) is 3. The van der Waals surface area contributed by atoms with Crippen molar-refractivity contribution in [2.75, 3.05) is 6.61 Å². The highest BCUT2D eigenvalue weighted by molar-refractivity contribution is 5.13. The molecule has 0 aliphatic carbocycles. The van der Waals surface area contributed by atoms with Gasteiger partial charge in [-0.05, 0) is 30.4 Å². The van der Waals surface area contributed by atoms with E-state index in [0.717, 1.165) is 19.4 Å². The van der Waals surface area contributed by atoms with Crippen molar-refractivity contribution in [3.63, 3.8) is 0 Å². The third-order valence-corrected chi connectivity index (χ3v) is 3.24. The summed E-state index contributed by atoms with van der Waals surface area (Å²) in [5, 5.41) is 0. The van der Waals surface area contributed by atoms with Gasteiger partial charge in [0.1, 0.15) is 0 Å². The SMILES string of the molecule is C=C=C(CCCCCC)CCOCc1ccccc1. The first kappa shape index (κ1) is 15.8. The summed E-state index contributed by atoms with van der Waals surface area (Å²) < 4.78 is 5.69. The second-order valence-electron chi connectivity index (χ2n) is 4.88. The quantitative estimate of drug-likeness (QED) is 0.410. The lowest BCUT2D eigenvalue weighted by atomic mass is 10.1. The van der Waals surface area contributed by atoms with Gasteiger partial charge in [0.15, 0.2) is 0 Å². The highest BCUT2D eigenvalue weighted by Crippen LogP contribution is 2.12. The molecule has 104 valence electrons. The molecule has 0 unspecified atom stereocenters. The highest BCUT2D eigenvalue weighted by Gasteiger charge is 1.98. The van der Waals surface area contributed by atoms with Crippen molar-refractivity contribution in [3.8, 4) is 0 Å². The van der Waals surface area contributed by atoms with Gasteiger partial charge in [0.25, 0.3) is 0 Å². The molecule has 0 saturated carbocycles. The van der Waals surface area contributed by atoms with Crippen molar-refractivity contribution in [1.82, 2.24) is 0 Å². The molecule has 1 aromatic rings. The Balaban J connectivity index is 2.11. The molecular weight excluding hydrogens is 232 g/mol. The molecule has 1 heteroatoms. The standard InChI is InChI=1S/C18H26O/c1-3-5-6-8-11-17(4-2)14-15-19-16-18-12-9-7-10-13-18/h7,9-10,12-13H,2-3,5-6,8,11,14-16H2,1H3. The fourth-order valence-electron chi connectivity index (χ4n) is 2.03. The van der Waals surface area contributed by atoms with E-state index in [1.165, 1.54) is 36.8 Å². The molecule has 0 heterocycles. The molecule has 0 radical (unpaired) electrons. The van der Waals surface area contributed by atoms with Crippen LogP contribution in [0.3, 0.4) is 0 Å². The van der Waals surface area contributed by atoms with E-state index in [0.29, 0.717) is 6.61 Å². The third kappa shape index (κ3) is 7.66. The Hall–Kier alpha value is -1.30. The van der Waals surface area contributed by atoms with Crippen LogP contribution in [0.15, 0.2) is 48.2 Å². The average Bonchev–Trinajstić information content (AvgIpc) is 2.46. The van der Waals surface area contributed by atoms with E-state index in [1.807, 2.05) is 18.2 Å². The molecule has 0 saturated heterocycles. The third-order valence-electron chi connectivity index (χ3n) is 3.24. The molecule has 1 aromatic carbocycles. The van der Waals surface area contributed by atoms with Crippen LogP contribution in [0.4, 0.5) is 0 Å². The van der Waals surface area contributed by atoms with Crippen LogP contribution in [-0.4, -0.2) is 6.61 Å². The second-order valence-corrected chi connectivity index (χ2v) is 4.88. The molecule has 0 bridgehead atoms. The molecule has 0 aliphatic heterocycles. The van der Waals surface area contributed by atoms with Crippen molar-refractivity contribution in [2.24, 2.45) is 0 Å². The maximum absolute atomic E-state index is 5.69. The van der Waals surface area contributed by atoms with E-state index in [2.05, 4.69) is 31.4 Å². The van der Waals surface area contributed by atoms with E-state index in [9.17, 15) is 0 Å². The van der Waals surface area contributed by atoms with Gasteiger partial charge in [0.05, 0.1) is 13.2 Å². The first-order valence-corrected chi connectivity index (χ1v) is 7.36. The second kappa shape index (κ2) is 10.6. The zero-order valence-electron chi connectivity index (χ0n) is 12.2. The molecule has 19 heavy (non-hydrogen) atoms. The van der Waals surface area contributed by atoms with Crippen molar-refractivity contribution in [3.05, 3.63) is 53.8 Å². The minimum atomic E-state index is 0.696. The lowest BCUT2D eigenvalue weighted by Gasteiger charge is -2.06. The zero-order valence-corrected chi connectivity index (χ0v) is 12.2. The Bertz CT molecular complexity index is 374. The minimum absolute atomic E-state index is 0.696. The van der Waals surface area contributed by atoms with Gasteiger partial charge in [-0.25, -0.2) is 0 Å². The predicted octanol–water partition coefficient (Wildman–Crippen LogP) is 5.28. The molecule has 0 fully saturated rings. The highest BCUT2D eigenvalue weighted by atomic mass is 16.5. The summed E-state index contributed by atoms with van der Waals surface area (Å²) in [5.74, 6) is 0. The molecule has 0 amide bonds. The van der Waals surface area contributed by atoms with Crippen LogP contribution < -0.4 is 0 Å². The minimum Gasteiger partial charge on any atom is -0.376 e. The summed E-state index contributed by atoms with van der Waals surface area (Å²) in [6, 6.07) is 10.3. The van der Waals surface area contributed by atoms with Gasteiger partial charge in [-0.1, -0.05) is 63.1 Å². The number of ether oxygens (including phenoxy) is 1. The first-order valence-electron chi connectivity index (χ1n) is 7.36. The van der Waals surface area contributed by atoms with E-state index >= 15 is 0 Å².